The number of hydrazine groups is 1. The van der Waals surface area contributed by atoms with Crippen LogP contribution in [-0.2, 0) is 30.4 Å². The van der Waals surface area contributed by atoms with E-state index in [9.17, 15) is 24.0 Å². The molecule has 1 saturated heterocycles. The molecule has 53 heavy (non-hydrogen) atoms. The largest absolute Gasteiger partial charge is 0.463 e. The number of ether oxygens (including phenoxy) is 1. The molecule has 2 aromatic carbocycles. The molecule has 0 saturated carbocycles. The lowest BCUT2D eigenvalue weighted by atomic mass is 10.0. The Bertz CT molecular complexity index is 1470. The molecule has 14 nitrogen and oxygen atoms in total. The number of rotatable bonds is 18. The fourth-order valence-electron chi connectivity index (χ4n) is 5.73. The summed E-state index contributed by atoms with van der Waals surface area (Å²) in [5.41, 5.74) is 2.30. The second-order valence-electron chi connectivity index (χ2n) is 13.3. The van der Waals surface area contributed by atoms with E-state index in [-0.39, 0.29) is 43.3 Å². The van der Waals surface area contributed by atoms with Crippen molar-refractivity contribution >= 4 is 29.9 Å². The number of nitrogens with one attached hydrogen (secondary N) is 4. The van der Waals surface area contributed by atoms with Crippen LogP contribution in [0.2, 0.25) is 0 Å². The van der Waals surface area contributed by atoms with Gasteiger partial charge in [0.2, 0.25) is 23.6 Å². The van der Waals surface area contributed by atoms with Crippen LogP contribution in [0, 0.1) is 12.8 Å². The molecule has 4 amide bonds. The Morgan fingerprint density at radius 1 is 0.981 bits per heavy atom. The average molecular weight is 737 g/mol. The molecule has 3 rings (SSSR count). The second kappa shape index (κ2) is 23.0. The van der Waals surface area contributed by atoms with Gasteiger partial charge in [-0.05, 0) is 71.8 Å². The third kappa shape index (κ3) is 13.9. The van der Waals surface area contributed by atoms with Gasteiger partial charge < -0.3 is 45.6 Å². The van der Waals surface area contributed by atoms with E-state index < -0.39 is 36.0 Å². The summed E-state index contributed by atoms with van der Waals surface area (Å²) in [5.74, 6) is 5.47. The Kier molecular flexibility index (Phi) is 19.3. The predicted octanol–water partition coefficient (Wildman–Crippen LogP) is 1.74. The highest BCUT2D eigenvalue weighted by Crippen LogP contribution is 2.24. The molecule has 1 aliphatic rings. The van der Waals surface area contributed by atoms with Crippen molar-refractivity contribution in [1.29, 1.82) is 0 Å². The number of aryl methyl sites for hydroxylation is 1. The van der Waals surface area contributed by atoms with Crippen LogP contribution in [0.3, 0.4) is 0 Å². The molecular weight excluding hydrogens is 676 g/mol. The van der Waals surface area contributed by atoms with Crippen molar-refractivity contribution in [2.75, 3.05) is 40.3 Å². The molecule has 0 bridgehead atoms. The normalized spacial score (nSPS) is 16.9. The number of hydrogen-bond donors (Lipinski definition) is 5. The van der Waals surface area contributed by atoms with E-state index in [2.05, 4.69) is 40.3 Å². The smallest absolute Gasteiger partial charge is 0.246 e. The van der Waals surface area contributed by atoms with Gasteiger partial charge in [-0.15, -0.1) is 0 Å². The molecule has 292 valence electrons. The third-order valence-electron chi connectivity index (χ3n) is 9.17. The summed E-state index contributed by atoms with van der Waals surface area (Å²) >= 11 is 0. The lowest BCUT2D eigenvalue weighted by molar-refractivity contribution is -0.142. The number of carbonyl (C=O) groups excluding carboxylic acids is 5. The molecule has 5 unspecified atom stereocenters. The van der Waals surface area contributed by atoms with E-state index in [1.807, 2.05) is 58.0 Å². The summed E-state index contributed by atoms with van der Waals surface area (Å²) in [6.07, 6.45) is 4.24. The van der Waals surface area contributed by atoms with E-state index in [0.29, 0.717) is 31.5 Å². The quantitative estimate of drug-likeness (QED) is 0.0656. The molecule has 14 heteroatoms. The first-order chi connectivity index (χ1) is 25.3. The Labute approximate surface area is 314 Å². The molecule has 1 fully saturated rings. The van der Waals surface area contributed by atoms with Gasteiger partial charge in [-0.3, -0.25) is 19.2 Å². The number of likely N-dealkylation sites (N-methyl/N-ethyl adjacent to an activating group) is 3. The predicted molar refractivity (Wildman–Crippen MR) is 206 cm³/mol. The molecule has 6 N–H and O–H groups in total. The van der Waals surface area contributed by atoms with Crippen LogP contribution in [0.5, 0.6) is 5.75 Å². The van der Waals surface area contributed by atoms with Crippen molar-refractivity contribution in [2.45, 2.75) is 84.6 Å². The summed E-state index contributed by atoms with van der Waals surface area (Å²) < 4.78 is 5.75. The zero-order valence-corrected chi connectivity index (χ0v) is 32.5. The Morgan fingerprint density at radius 2 is 1.62 bits per heavy atom. The summed E-state index contributed by atoms with van der Waals surface area (Å²) in [6, 6.07) is 14.6. The maximum absolute atomic E-state index is 13.7. The van der Waals surface area contributed by atoms with Crippen LogP contribution in [-0.4, -0.2) is 115 Å². The fraction of sp³-hybridized carbons (Fsp3) is 0.513. The molecule has 0 aliphatic carbocycles. The number of hydrogen-bond acceptors (Lipinski definition) is 10. The zero-order valence-electron chi connectivity index (χ0n) is 32.5. The van der Waals surface area contributed by atoms with E-state index in [4.69, 9.17) is 10.6 Å². The highest BCUT2D eigenvalue weighted by molar-refractivity contribution is 5.94. The second-order valence-corrected chi connectivity index (χ2v) is 13.3. The summed E-state index contributed by atoms with van der Waals surface area (Å²) in [4.78, 5) is 66.2. The molecule has 1 aliphatic heterocycles. The van der Waals surface area contributed by atoms with Crippen LogP contribution in [0.15, 0.2) is 67.1 Å². The van der Waals surface area contributed by atoms with Gasteiger partial charge in [0, 0.05) is 26.1 Å². The number of amides is 4. The van der Waals surface area contributed by atoms with Gasteiger partial charge in [0.15, 0.2) is 0 Å². The topological polar surface area (TPSA) is 178 Å². The SMILES string of the molecule is CCN(CC)C(=O)C(Cc1ccc(O/C=C/N(N)C2CC(C(=O)NCC=O)N(C(=O)C(NC(=O)C(C)NC)C(C)C)C2)cc1)NC.Cc1ccccc1. The van der Waals surface area contributed by atoms with Crippen LogP contribution >= 0.6 is 0 Å². The average Bonchev–Trinajstić information content (AvgIpc) is 3.62. The molecule has 2 aromatic rings. The minimum absolute atomic E-state index is 0.0577. The summed E-state index contributed by atoms with van der Waals surface area (Å²) in [5, 5.41) is 12.7. The minimum Gasteiger partial charge on any atom is -0.463 e. The van der Waals surface area contributed by atoms with Crippen molar-refractivity contribution in [2.24, 2.45) is 11.8 Å². The van der Waals surface area contributed by atoms with Gasteiger partial charge in [-0.2, -0.15) is 0 Å². The molecule has 5 atom stereocenters. The minimum atomic E-state index is -0.889. The van der Waals surface area contributed by atoms with E-state index in [0.717, 1.165) is 5.56 Å². The van der Waals surface area contributed by atoms with Gasteiger partial charge in [-0.25, -0.2) is 5.84 Å². The first-order valence-electron chi connectivity index (χ1n) is 18.2. The van der Waals surface area contributed by atoms with Crippen molar-refractivity contribution in [3.05, 3.63) is 78.2 Å². The maximum Gasteiger partial charge on any atom is 0.246 e. The van der Waals surface area contributed by atoms with Crippen LogP contribution in [0.25, 0.3) is 0 Å². The standard InChI is InChI=1S/C32H52N8O6.C7H8/c1-8-38(9-2)31(44)26(35-7)18-23-10-12-25(13-11-23)46-17-15-40(33)24-19-27(30(43)36-14-16-41)39(20-24)32(45)28(21(3)4)37-29(42)22(5)34-6;1-7-5-3-2-4-6-7/h10-13,15-17,21-22,24,26-28,34-35H,8-9,14,18-20,33H2,1-7H3,(H,36,43)(H,37,42);2-6H,1H3/b17-15+;. The lowest BCUT2D eigenvalue weighted by Gasteiger charge is -2.31. The Balaban J connectivity index is 0.00000124. The number of nitrogens with two attached hydrogens (primary N) is 1. The molecule has 0 spiro atoms. The van der Waals surface area contributed by atoms with E-state index >= 15 is 0 Å². The fourth-order valence-corrected chi connectivity index (χ4v) is 5.73. The highest BCUT2D eigenvalue weighted by Gasteiger charge is 2.44. The summed E-state index contributed by atoms with van der Waals surface area (Å²) in [7, 11) is 3.42. The molecular formula is C39H60N8O6. The Morgan fingerprint density at radius 3 is 2.13 bits per heavy atom. The molecule has 0 aromatic heterocycles. The number of aldehydes is 1. The number of benzene rings is 2. The monoisotopic (exact) mass is 736 g/mol. The van der Waals surface area contributed by atoms with Crippen molar-refractivity contribution in [1.82, 2.24) is 36.1 Å². The maximum atomic E-state index is 13.7. The highest BCUT2D eigenvalue weighted by atomic mass is 16.5. The van der Waals surface area contributed by atoms with Gasteiger partial charge >= 0.3 is 0 Å². The van der Waals surface area contributed by atoms with Crippen LogP contribution < -0.4 is 31.8 Å². The van der Waals surface area contributed by atoms with Gasteiger partial charge in [0.05, 0.1) is 30.9 Å². The van der Waals surface area contributed by atoms with Crippen molar-refractivity contribution < 1.29 is 28.7 Å². The number of carbonyl (C=O) groups is 5. The first kappa shape index (κ1) is 44.4. The first-order valence-corrected chi connectivity index (χ1v) is 18.2. The molecule has 1 heterocycles. The lowest BCUT2D eigenvalue weighted by Crippen LogP contribution is -2.57. The van der Waals surface area contributed by atoms with Crippen LogP contribution in [0.1, 0.15) is 52.2 Å². The van der Waals surface area contributed by atoms with Crippen molar-refractivity contribution in [3.8, 4) is 5.75 Å². The van der Waals surface area contributed by atoms with Crippen LogP contribution in [0.4, 0.5) is 0 Å². The third-order valence-corrected chi connectivity index (χ3v) is 9.17. The zero-order chi connectivity index (χ0) is 39.5. The number of likely N-dealkylation sites (tertiary alicyclic amines) is 1. The van der Waals surface area contributed by atoms with Gasteiger partial charge in [-0.1, -0.05) is 61.9 Å². The van der Waals surface area contributed by atoms with Gasteiger partial charge in [0.25, 0.3) is 0 Å². The van der Waals surface area contributed by atoms with E-state index in [1.165, 1.54) is 27.9 Å². The van der Waals surface area contributed by atoms with Crippen molar-refractivity contribution in [3.63, 3.8) is 0 Å². The Hall–Kier alpha value is -4.79. The number of nitrogens with zero attached hydrogens (tertiary/aromatic N) is 3. The summed E-state index contributed by atoms with van der Waals surface area (Å²) in [6.45, 7) is 12.6. The van der Waals surface area contributed by atoms with E-state index in [1.54, 1.807) is 38.1 Å². The molecule has 0 radical (unpaired) electrons. The van der Waals surface area contributed by atoms with Gasteiger partial charge in [0.1, 0.15) is 30.4 Å².